The van der Waals surface area contributed by atoms with Crippen LogP contribution >= 0.6 is 0 Å². The Morgan fingerprint density at radius 2 is 1.80 bits per heavy atom. The average Bonchev–Trinajstić information content (AvgIpc) is 2.60. The van der Waals surface area contributed by atoms with Crippen molar-refractivity contribution in [1.82, 2.24) is 4.90 Å². The largest absolute Gasteiger partial charge is 0.481 e. The van der Waals surface area contributed by atoms with Crippen LogP contribution in [0.2, 0.25) is 0 Å². The van der Waals surface area contributed by atoms with E-state index in [-0.39, 0.29) is 11.8 Å². The molecule has 2 rings (SSSR count). The summed E-state index contributed by atoms with van der Waals surface area (Å²) in [5, 5.41) is 2.85. The van der Waals surface area contributed by atoms with Crippen molar-refractivity contribution in [2.24, 2.45) is 0 Å². The van der Waals surface area contributed by atoms with Gasteiger partial charge in [0.15, 0.2) is 6.10 Å². The zero-order chi connectivity index (χ0) is 18.2. The summed E-state index contributed by atoms with van der Waals surface area (Å²) in [5.74, 6) is 0.519. The summed E-state index contributed by atoms with van der Waals surface area (Å²) in [5.41, 5.74) is 1.70. The number of benzene rings is 2. The molecule has 1 N–H and O–H groups in total. The number of ether oxygens (including phenoxy) is 1. The van der Waals surface area contributed by atoms with Crippen LogP contribution in [0.3, 0.4) is 0 Å². The Labute approximate surface area is 148 Å². The van der Waals surface area contributed by atoms with E-state index in [1.54, 1.807) is 25.9 Å². The van der Waals surface area contributed by atoms with Gasteiger partial charge in [0.05, 0.1) is 0 Å². The Balaban J connectivity index is 1.92. The summed E-state index contributed by atoms with van der Waals surface area (Å²) in [4.78, 5) is 25.5. The summed E-state index contributed by atoms with van der Waals surface area (Å²) in [6.07, 6.45) is 0.468. The minimum atomic E-state index is -0.610. The van der Waals surface area contributed by atoms with E-state index >= 15 is 0 Å². The van der Waals surface area contributed by atoms with Gasteiger partial charge in [-0.05, 0) is 43.2 Å². The lowest BCUT2D eigenvalue weighted by Crippen LogP contribution is -2.30. The lowest BCUT2D eigenvalue weighted by atomic mass is 10.1. The number of aryl methyl sites for hydroxylation is 1. The number of rotatable bonds is 7. The second-order valence-corrected chi connectivity index (χ2v) is 6.05. The van der Waals surface area contributed by atoms with Gasteiger partial charge in [-0.3, -0.25) is 9.59 Å². The molecule has 0 bridgehead atoms. The Morgan fingerprint density at radius 3 is 2.48 bits per heavy atom. The fraction of sp³-hybridized carbons (Fsp3) is 0.300. The number of nitrogens with one attached hydrogen (secondary N) is 1. The molecule has 5 heteroatoms. The first-order valence-electron chi connectivity index (χ1n) is 8.27. The van der Waals surface area contributed by atoms with E-state index in [4.69, 9.17) is 4.74 Å². The minimum absolute atomic E-state index is 0.0827. The van der Waals surface area contributed by atoms with Crippen LogP contribution in [0.1, 0.15) is 18.9 Å². The molecule has 0 saturated carbocycles. The highest BCUT2D eigenvalue weighted by Crippen LogP contribution is 2.15. The van der Waals surface area contributed by atoms with Crippen molar-refractivity contribution in [3.63, 3.8) is 0 Å². The second kappa shape index (κ2) is 8.87. The van der Waals surface area contributed by atoms with Crippen molar-refractivity contribution in [3.8, 4) is 5.75 Å². The van der Waals surface area contributed by atoms with E-state index in [9.17, 15) is 9.59 Å². The zero-order valence-electron chi connectivity index (χ0n) is 14.9. The van der Waals surface area contributed by atoms with E-state index in [2.05, 4.69) is 5.32 Å². The molecule has 0 aliphatic rings. The quantitative estimate of drug-likeness (QED) is 0.842. The third kappa shape index (κ3) is 5.95. The van der Waals surface area contributed by atoms with Crippen LogP contribution in [-0.4, -0.2) is 36.9 Å². The Bertz CT molecular complexity index is 714. The van der Waals surface area contributed by atoms with E-state index in [0.717, 1.165) is 5.56 Å². The maximum absolute atomic E-state index is 12.3. The molecule has 25 heavy (non-hydrogen) atoms. The maximum atomic E-state index is 12.3. The number of carbonyl (C=O) groups excluding carboxylic acids is 2. The Kier molecular flexibility index (Phi) is 6.57. The van der Waals surface area contributed by atoms with Gasteiger partial charge in [0, 0.05) is 26.2 Å². The highest BCUT2D eigenvalue weighted by molar-refractivity contribution is 5.94. The predicted octanol–water partition coefficient (Wildman–Crippen LogP) is 3.11. The molecular weight excluding hydrogens is 316 g/mol. The normalized spacial score (nSPS) is 11.5. The molecule has 0 spiro atoms. The van der Waals surface area contributed by atoms with Crippen LogP contribution in [0.4, 0.5) is 5.69 Å². The van der Waals surface area contributed by atoms with Gasteiger partial charge >= 0.3 is 0 Å². The number of hydrogen-bond donors (Lipinski definition) is 1. The van der Waals surface area contributed by atoms with Crippen molar-refractivity contribution in [2.75, 3.05) is 19.4 Å². The van der Waals surface area contributed by atoms with Gasteiger partial charge in [-0.2, -0.15) is 0 Å². The number of nitrogens with zero attached hydrogens (tertiary/aromatic N) is 1. The van der Waals surface area contributed by atoms with E-state index in [1.807, 2.05) is 54.6 Å². The highest BCUT2D eigenvalue weighted by atomic mass is 16.5. The lowest BCUT2D eigenvalue weighted by molar-refractivity contribution is -0.128. The van der Waals surface area contributed by atoms with E-state index in [0.29, 0.717) is 24.3 Å². The van der Waals surface area contributed by atoms with Crippen LogP contribution in [0.25, 0.3) is 0 Å². The first kappa shape index (κ1) is 18.5. The van der Waals surface area contributed by atoms with Crippen LogP contribution in [0, 0.1) is 0 Å². The van der Waals surface area contributed by atoms with Gasteiger partial charge in [-0.1, -0.05) is 30.3 Å². The number of amides is 2. The van der Waals surface area contributed by atoms with Crippen molar-refractivity contribution in [3.05, 3.63) is 60.2 Å². The van der Waals surface area contributed by atoms with Crippen molar-refractivity contribution in [1.29, 1.82) is 0 Å². The molecular formula is C20H24N2O3. The summed E-state index contributed by atoms with van der Waals surface area (Å²) in [6.45, 7) is 1.71. The molecule has 0 radical (unpaired) electrons. The van der Waals surface area contributed by atoms with Crippen LogP contribution in [0.5, 0.6) is 5.75 Å². The van der Waals surface area contributed by atoms with Crippen molar-refractivity contribution >= 4 is 17.5 Å². The number of hydrogen-bond acceptors (Lipinski definition) is 3. The number of carbonyl (C=O) groups is 2. The standard InChI is InChI=1S/C20H24N2O3/c1-15(25-18-10-5-4-6-11-18)20(24)21-17-9-7-8-16(14-17)12-13-19(23)22(2)3/h4-11,14-15H,12-13H2,1-3H3,(H,21,24). The molecule has 5 nitrogen and oxygen atoms in total. The van der Waals surface area contributed by atoms with E-state index < -0.39 is 6.10 Å². The van der Waals surface area contributed by atoms with Gasteiger partial charge in [-0.25, -0.2) is 0 Å². The second-order valence-electron chi connectivity index (χ2n) is 6.05. The third-order valence-corrected chi connectivity index (χ3v) is 3.75. The molecule has 0 heterocycles. The molecule has 0 aliphatic heterocycles. The summed E-state index contributed by atoms with van der Waals surface area (Å²) in [7, 11) is 3.49. The predicted molar refractivity (Wildman–Crippen MR) is 98.6 cm³/mol. The fourth-order valence-electron chi connectivity index (χ4n) is 2.28. The average molecular weight is 340 g/mol. The summed E-state index contributed by atoms with van der Waals surface area (Å²) >= 11 is 0. The molecule has 2 amide bonds. The Hall–Kier alpha value is -2.82. The fourth-order valence-corrected chi connectivity index (χ4v) is 2.28. The maximum Gasteiger partial charge on any atom is 0.265 e. The van der Waals surface area contributed by atoms with E-state index in [1.165, 1.54) is 0 Å². The topological polar surface area (TPSA) is 58.6 Å². The van der Waals surface area contributed by atoms with Crippen molar-refractivity contribution in [2.45, 2.75) is 25.9 Å². The number of anilines is 1. The minimum Gasteiger partial charge on any atom is -0.481 e. The highest BCUT2D eigenvalue weighted by Gasteiger charge is 2.15. The first-order valence-corrected chi connectivity index (χ1v) is 8.27. The SMILES string of the molecule is CC(Oc1ccccc1)C(=O)Nc1cccc(CCC(=O)N(C)C)c1. The monoisotopic (exact) mass is 340 g/mol. The van der Waals surface area contributed by atoms with Crippen LogP contribution < -0.4 is 10.1 Å². The third-order valence-electron chi connectivity index (χ3n) is 3.75. The summed E-state index contributed by atoms with van der Waals surface area (Å²) in [6, 6.07) is 16.8. The van der Waals surface area contributed by atoms with Crippen LogP contribution in [-0.2, 0) is 16.0 Å². The lowest BCUT2D eigenvalue weighted by Gasteiger charge is -2.15. The molecule has 2 aromatic carbocycles. The molecule has 2 aromatic rings. The molecule has 0 saturated heterocycles. The molecule has 0 aromatic heterocycles. The van der Waals surface area contributed by atoms with Gasteiger partial charge in [0.2, 0.25) is 5.91 Å². The van der Waals surface area contributed by atoms with Crippen molar-refractivity contribution < 1.29 is 14.3 Å². The smallest absolute Gasteiger partial charge is 0.265 e. The molecule has 1 unspecified atom stereocenters. The molecule has 0 aliphatic carbocycles. The van der Waals surface area contributed by atoms with Gasteiger partial charge in [0.1, 0.15) is 5.75 Å². The first-order chi connectivity index (χ1) is 12.0. The van der Waals surface area contributed by atoms with Gasteiger partial charge < -0.3 is 15.0 Å². The molecule has 132 valence electrons. The zero-order valence-corrected chi connectivity index (χ0v) is 14.9. The summed E-state index contributed by atoms with van der Waals surface area (Å²) < 4.78 is 5.62. The van der Waals surface area contributed by atoms with Gasteiger partial charge in [0.25, 0.3) is 5.91 Å². The Morgan fingerprint density at radius 1 is 1.08 bits per heavy atom. The molecule has 1 atom stereocenters. The van der Waals surface area contributed by atoms with Gasteiger partial charge in [-0.15, -0.1) is 0 Å². The number of para-hydroxylation sites is 1. The molecule has 0 fully saturated rings. The van der Waals surface area contributed by atoms with Crippen LogP contribution in [0.15, 0.2) is 54.6 Å².